The van der Waals surface area contributed by atoms with Gasteiger partial charge in [-0.05, 0) is 30.2 Å². The Hall–Kier alpha value is -1.69. The first kappa shape index (κ1) is 11.4. The Labute approximate surface area is 101 Å². The lowest BCUT2D eigenvalue weighted by molar-refractivity contribution is 0.0215. The minimum atomic E-state index is -1.24. The first-order chi connectivity index (χ1) is 8.45. The summed E-state index contributed by atoms with van der Waals surface area (Å²) in [7, 11) is 0. The van der Waals surface area contributed by atoms with Gasteiger partial charge in [0, 0.05) is 17.9 Å². The molecular formula is C12H11F2NO3. The second-order valence-electron chi connectivity index (χ2n) is 4.92. The number of fused-ring (bicyclic) bond motifs is 1. The third-order valence-corrected chi connectivity index (χ3v) is 3.98. The smallest absolute Gasteiger partial charge is 0.409 e. The number of hydrogen-bond donors (Lipinski definition) is 2. The number of piperidine rings is 1. The van der Waals surface area contributed by atoms with Crippen molar-refractivity contribution in [3.8, 4) is 0 Å². The van der Waals surface area contributed by atoms with E-state index in [0.717, 1.165) is 23.1 Å². The van der Waals surface area contributed by atoms with E-state index < -0.39 is 29.4 Å². The zero-order valence-corrected chi connectivity index (χ0v) is 9.31. The average molecular weight is 255 g/mol. The molecule has 2 unspecified atom stereocenters. The molecule has 1 amide bonds. The topological polar surface area (TPSA) is 60.8 Å². The van der Waals surface area contributed by atoms with Gasteiger partial charge in [-0.1, -0.05) is 0 Å². The summed E-state index contributed by atoms with van der Waals surface area (Å²) < 4.78 is 26.9. The Bertz CT molecular complexity index is 536. The second-order valence-corrected chi connectivity index (χ2v) is 4.92. The molecule has 2 aliphatic rings. The summed E-state index contributed by atoms with van der Waals surface area (Å²) in [5, 5.41) is 18.7. The van der Waals surface area contributed by atoms with Crippen LogP contribution in [0.2, 0.25) is 0 Å². The van der Waals surface area contributed by atoms with E-state index >= 15 is 0 Å². The summed E-state index contributed by atoms with van der Waals surface area (Å²) >= 11 is 0. The Morgan fingerprint density at radius 2 is 2.17 bits per heavy atom. The maximum atomic E-state index is 13.7. The number of nitrogens with zero attached hydrogens (tertiary/aromatic N) is 1. The van der Waals surface area contributed by atoms with Gasteiger partial charge in [-0.2, -0.15) is 0 Å². The number of aliphatic hydroxyl groups is 1. The van der Waals surface area contributed by atoms with Crippen LogP contribution in [0, 0.1) is 17.6 Å². The van der Waals surface area contributed by atoms with Gasteiger partial charge in [0.1, 0.15) is 17.9 Å². The molecule has 0 radical (unpaired) electrons. The lowest BCUT2D eigenvalue weighted by Crippen LogP contribution is -2.38. The Balaban J connectivity index is 1.99. The van der Waals surface area contributed by atoms with E-state index in [1.807, 2.05) is 0 Å². The highest BCUT2D eigenvalue weighted by Gasteiger charge is 2.67. The van der Waals surface area contributed by atoms with E-state index in [1.165, 1.54) is 0 Å². The summed E-state index contributed by atoms with van der Waals surface area (Å²) in [5.41, 5.74) is -0.598. The fourth-order valence-electron chi connectivity index (χ4n) is 2.98. The number of rotatable bonds is 1. The van der Waals surface area contributed by atoms with Crippen molar-refractivity contribution in [1.82, 2.24) is 4.90 Å². The van der Waals surface area contributed by atoms with Crippen LogP contribution >= 0.6 is 0 Å². The van der Waals surface area contributed by atoms with E-state index in [9.17, 15) is 18.7 Å². The van der Waals surface area contributed by atoms with Crippen molar-refractivity contribution in [2.45, 2.75) is 18.1 Å². The minimum absolute atomic E-state index is 0.00847. The Kier molecular flexibility index (Phi) is 2.16. The molecule has 6 heteroatoms. The number of hydrogen-bond acceptors (Lipinski definition) is 2. The fraction of sp³-hybridized carbons (Fsp3) is 0.417. The van der Waals surface area contributed by atoms with Gasteiger partial charge >= 0.3 is 6.09 Å². The van der Waals surface area contributed by atoms with E-state index in [4.69, 9.17) is 5.11 Å². The Morgan fingerprint density at radius 1 is 1.44 bits per heavy atom. The molecule has 4 nitrogen and oxygen atoms in total. The van der Waals surface area contributed by atoms with Crippen molar-refractivity contribution in [1.29, 1.82) is 0 Å². The van der Waals surface area contributed by atoms with Crippen LogP contribution in [-0.2, 0) is 5.41 Å². The number of amides is 1. The van der Waals surface area contributed by atoms with Crippen LogP contribution in [-0.4, -0.2) is 34.0 Å². The standard InChI is InChI=1S/C12H11F2NO3/c13-6-1-2-9(14)7(3-6)12-4-8(12)10(16)15(5-12)11(17)18/h1-3,8,10,16H,4-5H2,(H,17,18)/t8-,10?,12?/m0/s1. The van der Waals surface area contributed by atoms with Crippen molar-refractivity contribution < 1.29 is 23.8 Å². The zero-order chi connectivity index (χ0) is 13.1. The van der Waals surface area contributed by atoms with Gasteiger partial charge in [-0.25, -0.2) is 13.6 Å². The van der Waals surface area contributed by atoms with Crippen LogP contribution in [0.3, 0.4) is 0 Å². The van der Waals surface area contributed by atoms with Crippen LogP contribution in [0.25, 0.3) is 0 Å². The highest BCUT2D eigenvalue weighted by atomic mass is 19.1. The fourth-order valence-corrected chi connectivity index (χ4v) is 2.98. The molecule has 1 saturated heterocycles. The summed E-state index contributed by atoms with van der Waals surface area (Å²) in [5.74, 6) is -1.46. The van der Waals surface area contributed by atoms with Crippen LogP contribution in [0.15, 0.2) is 18.2 Å². The van der Waals surface area contributed by atoms with Crippen molar-refractivity contribution in [2.75, 3.05) is 6.54 Å². The monoisotopic (exact) mass is 255 g/mol. The average Bonchev–Trinajstić information content (AvgIpc) is 2.97. The van der Waals surface area contributed by atoms with Gasteiger partial charge in [0.25, 0.3) is 0 Å². The van der Waals surface area contributed by atoms with Gasteiger partial charge in [0.05, 0.1) is 0 Å². The number of aliphatic hydroxyl groups excluding tert-OH is 1. The van der Waals surface area contributed by atoms with Gasteiger partial charge in [-0.3, -0.25) is 4.90 Å². The third kappa shape index (κ3) is 1.35. The van der Waals surface area contributed by atoms with E-state index in [1.54, 1.807) is 0 Å². The van der Waals surface area contributed by atoms with E-state index in [-0.39, 0.29) is 18.0 Å². The highest BCUT2D eigenvalue weighted by molar-refractivity contribution is 5.67. The van der Waals surface area contributed by atoms with Gasteiger partial charge in [0.2, 0.25) is 0 Å². The molecule has 1 aliphatic carbocycles. The lowest BCUT2D eigenvalue weighted by Gasteiger charge is -2.21. The van der Waals surface area contributed by atoms with Crippen LogP contribution in [0.4, 0.5) is 13.6 Å². The number of carbonyl (C=O) groups is 1. The number of benzene rings is 1. The molecule has 1 aliphatic heterocycles. The molecule has 0 spiro atoms. The summed E-state index contributed by atoms with van der Waals surface area (Å²) in [4.78, 5) is 11.8. The number of likely N-dealkylation sites (tertiary alicyclic amines) is 1. The molecule has 18 heavy (non-hydrogen) atoms. The predicted molar refractivity (Wildman–Crippen MR) is 56.9 cm³/mol. The first-order valence-electron chi connectivity index (χ1n) is 5.59. The Morgan fingerprint density at radius 3 is 2.78 bits per heavy atom. The van der Waals surface area contributed by atoms with E-state index in [0.29, 0.717) is 6.42 Å². The lowest BCUT2D eigenvalue weighted by atomic mass is 9.94. The zero-order valence-electron chi connectivity index (χ0n) is 9.31. The van der Waals surface area contributed by atoms with E-state index in [2.05, 4.69) is 0 Å². The molecule has 96 valence electrons. The summed E-state index contributed by atoms with van der Waals surface area (Å²) in [6.45, 7) is 0.00847. The highest BCUT2D eigenvalue weighted by Crippen LogP contribution is 2.61. The molecular weight excluding hydrogens is 244 g/mol. The molecule has 2 fully saturated rings. The quantitative estimate of drug-likeness (QED) is 0.800. The van der Waals surface area contributed by atoms with Gasteiger partial charge < -0.3 is 10.2 Å². The maximum absolute atomic E-state index is 13.7. The van der Waals surface area contributed by atoms with Crippen molar-refractivity contribution in [2.24, 2.45) is 5.92 Å². The largest absolute Gasteiger partial charge is 0.465 e. The molecule has 0 aromatic heterocycles. The molecule has 3 atom stereocenters. The molecule has 1 aromatic carbocycles. The SMILES string of the molecule is O=C(O)N1CC2(c3cc(F)ccc3F)C[C@H]2C1O. The van der Waals surface area contributed by atoms with Crippen molar-refractivity contribution in [3.63, 3.8) is 0 Å². The minimum Gasteiger partial charge on any atom is -0.465 e. The normalized spacial score (nSPS) is 33.4. The predicted octanol–water partition coefficient (Wildman–Crippen LogP) is 1.53. The summed E-state index contributed by atoms with van der Waals surface area (Å²) in [6.07, 6.45) is -1.89. The van der Waals surface area contributed by atoms with Crippen LogP contribution in [0.1, 0.15) is 12.0 Å². The number of carboxylic acid groups (broad SMARTS) is 1. The molecule has 2 N–H and O–H groups in total. The molecule has 0 bridgehead atoms. The molecule has 1 saturated carbocycles. The van der Waals surface area contributed by atoms with Gasteiger partial charge in [0.15, 0.2) is 0 Å². The van der Waals surface area contributed by atoms with Crippen LogP contribution < -0.4 is 0 Å². The molecule has 1 aromatic rings. The first-order valence-corrected chi connectivity index (χ1v) is 5.59. The number of halogens is 2. The third-order valence-electron chi connectivity index (χ3n) is 3.98. The van der Waals surface area contributed by atoms with Crippen LogP contribution in [0.5, 0.6) is 0 Å². The summed E-state index contributed by atoms with van der Waals surface area (Å²) in [6, 6.07) is 3.14. The van der Waals surface area contributed by atoms with Crippen molar-refractivity contribution >= 4 is 6.09 Å². The molecule has 1 heterocycles. The van der Waals surface area contributed by atoms with Gasteiger partial charge in [-0.15, -0.1) is 0 Å². The maximum Gasteiger partial charge on any atom is 0.409 e. The molecule has 3 rings (SSSR count). The second kappa shape index (κ2) is 3.41. The van der Waals surface area contributed by atoms with Crippen molar-refractivity contribution in [3.05, 3.63) is 35.4 Å².